The number of likely N-dealkylation sites (N-methyl/N-ethyl adjacent to an activating group) is 1. The highest BCUT2D eigenvalue weighted by atomic mass is 19.4. The lowest BCUT2D eigenvalue weighted by atomic mass is 10.0. The first-order valence-electron chi connectivity index (χ1n) is 6.92. The van der Waals surface area contributed by atoms with Crippen LogP contribution in [0.1, 0.15) is 35.3 Å². The number of halogens is 3. The fourth-order valence-corrected chi connectivity index (χ4v) is 2.57. The summed E-state index contributed by atoms with van der Waals surface area (Å²) in [5, 5.41) is 3.04. The summed E-state index contributed by atoms with van der Waals surface area (Å²) in [5.41, 5.74) is -0.782. The molecule has 0 aromatic carbocycles. The Morgan fingerprint density at radius 3 is 2.76 bits per heavy atom. The standard InChI is InChI=1S/C14H18F3N3O/c1-18-9-11-4-2-3-7-20(11)13(21)10-5-6-12(19-8-10)14(15,16)17/h5-6,8,11,18H,2-4,7,9H2,1H3. The van der Waals surface area contributed by atoms with E-state index in [0.717, 1.165) is 31.5 Å². The van der Waals surface area contributed by atoms with Gasteiger partial charge in [-0.2, -0.15) is 13.2 Å². The first-order chi connectivity index (χ1) is 9.93. The fraction of sp³-hybridized carbons (Fsp3) is 0.571. The van der Waals surface area contributed by atoms with Gasteiger partial charge in [0.15, 0.2) is 0 Å². The van der Waals surface area contributed by atoms with E-state index in [9.17, 15) is 18.0 Å². The van der Waals surface area contributed by atoms with Crippen LogP contribution in [0.2, 0.25) is 0 Å². The van der Waals surface area contributed by atoms with Crippen molar-refractivity contribution in [1.82, 2.24) is 15.2 Å². The second-order valence-corrected chi connectivity index (χ2v) is 5.14. The highest BCUT2D eigenvalue weighted by molar-refractivity contribution is 5.94. The van der Waals surface area contributed by atoms with Crippen molar-refractivity contribution in [3.05, 3.63) is 29.6 Å². The molecule has 1 fully saturated rings. The maximum Gasteiger partial charge on any atom is 0.433 e. The number of aromatic nitrogens is 1. The Bertz CT molecular complexity index is 485. The van der Waals surface area contributed by atoms with Crippen molar-refractivity contribution in [2.24, 2.45) is 0 Å². The van der Waals surface area contributed by atoms with Crippen LogP contribution in [0.3, 0.4) is 0 Å². The van der Waals surface area contributed by atoms with Gasteiger partial charge in [0.25, 0.3) is 5.91 Å². The zero-order valence-corrected chi connectivity index (χ0v) is 11.8. The lowest BCUT2D eigenvalue weighted by molar-refractivity contribution is -0.141. The number of rotatable bonds is 3. The molecule has 1 atom stereocenters. The molecule has 1 unspecified atom stereocenters. The van der Waals surface area contributed by atoms with Gasteiger partial charge in [0.2, 0.25) is 0 Å². The lowest BCUT2D eigenvalue weighted by Crippen LogP contribution is -2.48. The van der Waals surface area contributed by atoms with E-state index in [2.05, 4.69) is 10.3 Å². The molecule has 2 heterocycles. The molecule has 2 rings (SSSR count). The molecule has 116 valence electrons. The Kier molecular flexibility index (Phi) is 4.82. The lowest BCUT2D eigenvalue weighted by Gasteiger charge is -2.35. The number of hydrogen-bond acceptors (Lipinski definition) is 3. The summed E-state index contributed by atoms with van der Waals surface area (Å²) in [7, 11) is 1.82. The molecule has 0 saturated carbocycles. The number of carbonyl (C=O) groups excluding carboxylic acids is 1. The second-order valence-electron chi connectivity index (χ2n) is 5.14. The van der Waals surface area contributed by atoms with Crippen LogP contribution >= 0.6 is 0 Å². The minimum atomic E-state index is -4.48. The van der Waals surface area contributed by atoms with Crippen molar-refractivity contribution in [2.45, 2.75) is 31.5 Å². The van der Waals surface area contributed by atoms with Crippen LogP contribution in [0.5, 0.6) is 0 Å². The Morgan fingerprint density at radius 1 is 1.43 bits per heavy atom. The number of carbonyl (C=O) groups is 1. The molecular weight excluding hydrogens is 283 g/mol. The summed E-state index contributed by atoms with van der Waals surface area (Å²) in [4.78, 5) is 17.5. The molecule has 7 heteroatoms. The highest BCUT2D eigenvalue weighted by Crippen LogP contribution is 2.27. The predicted molar refractivity (Wildman–Crippen MR) is 71.8 cm³/mol. The number of hydrogen-bond donors (Lipinski definition) is 1. The molecular formula is C14H18F3N3O. The van der Waals surface area contributed by atoms with Crippen LogP contribution in [0.25, 0.3) is 0 Å². The predicted octanol–water partition coefficient (Wildman–Crippen LogP) is 2.31. The van der Waals surface area contributed by atoms with Gasteiger partial charge >= 0.3 is 6.18 Å². The number of amides is 1. The molecule has 0 aliphatic carbocycles. The smallest absolute Gasteiger partial charge is 0.334 e. The molecule has 4 nitrogen and oxygen atoms in total. The highest BCUT2D eigenvalue weighted by Gasteiger charge is 2.33. The molecule has 1 aliphatic rings. The summed E-state index contributed by atoms with van der Waals surface area (Å²) in [6.45, 7) is 1.31. The second kappa shape index (κ2) is 6.43. The summed E-state index contributed by atoms with van der Waals surface area (Å²) in [5.74, 6) is -0.254. The Balaban J connectivity index is 2.14. The van der Waals surface area contributed by atoms with Crippen molar-refractivity contribution >= 4 is 5.91 Å². The van der Waals surface area contributed by atoms with E-state index >= 15 is 0 Å². The van der Waals surface area contributed by atoms with Crippen molar-refractivity contribution in [3.8, 4) is 0 Å². The van der Waals surface area contributed by atoms with Crippen LogP contribution in [0, 0.1) is 0 Å². The van der Waals surface area contributed by atoms with Gasteiger partial charge < -0.3 is 10.2 Å². The maximum atomic E-state index is 12.5. The van der Waals surface area contributed by atoms with Crippen molar-refractivity contribution in [2.75, 3.05) is 20.1 Å². The van der Waals surface area contributed by atoms with Gasteiger partial charge in [0, 0.05) is 25.3 Å². The van der Waals surface area contributed by atoms with Gasteiger partial charge in [-0.3, -0.25) is 9.78 Å². The number of likely N-dealkylation sites (tertiary alicyclic amines) is 1. The Labute approximate surface area is 121 Å². The van der Waals surface area contributed by atoms with Crippen LogP contribution in [-0.2, 0) is 6.18 Å². The summed E-state index contributed by atoms with van der Waals surface area (Å²) in [6, 6.07) is 2.13. The van der Waals surface area contributed by atoms with Gasteiger partial charge in [-0.1, -0.05) is 0 Å². The third-order valence-electron chi connectivity index (χ3n) is 3.63. The molecule has 1 aromatic rings. The van der Waals surface area contributed by atoms with Crippen LogP contribution in [0.4, 0.5) is 13.2 Å². The van der Waals surface area contributed by atoms with E-state index in [1.54, 1.807) is 4.90 Å². The van der Waals surface area contributed by atoms with Crippen LogP contribution in [0.15, 0.2) is 18.3 Å². The number of nitrogens with zero attached hydrogens (tertiary/aromatic N) is 2. The number of nitrogens with one attached hydrogen (secondary N) is 1. The largest absolute Gasteiger partial charge is 0.433 e. The average Bonchev–Trinajstić information content (AvgIpc) is 2.47. The van der Waals surface area contributed by atoms with Gasteiger partial charge in [0.05, 0.1) is 5.56 Å². The molecule has 0 bridgehead atoms. The molecule has 1 amide bonds. The number of alkyl halides is 3. The first-order valence-corrected chi connectivity index (χ1v) is 6.92. The third-order valence-corrected chi connectivity index (χ3v) is 3.63. The SMILES string of the molecule is CNCC1CCCCN1C(=O)c1ccc(C(F)(F)F)nc1. The summed E-state index contributed by atoms with van der Waals surface area (Å²) < 4.78 is 37.4. The van der Waals surface area contributed by atoms with Gasteiger partial charge in [0.1, 0.15) is 5.69 Å². The Hall–Kier alpha value is -1.63. The zero-order valence-electron chi connectivity index (χ0n) is 11.8. The number of piperidine rings is 1. The van der Waals surface area contributed by atoms with E-state index in [0.29, 0.717) is 13.1 Å². The summed E-state index contributed by atoms with van der Waals surface area (Å²) >= 11 is 0. The first kappa shape index (κ1) is 15.8. The molecule has 1 N–H and O–H groups in total. The maximum absolute atomic E-state index is 12.5. The Morgan fingerprint density at radius 2 is 2.19 bits per heavy atom. The van der Waals surface area contributed by atoms with Crippen LogP contribution < -0.4 is 5.32 Å². The average molecular weight is 301 g/mol. The van der Waals surface area contributed by atoms with Crippen molar-refractivity contribution in [3.63, 3.8) is 0 Å². The van der Waals surface area contributed by atoms with E-state index in [1.165, 1.54) is 6.07 Å². The van der Waals surface area contributed by atoms with Crippen LogP contribution in [-0.4, -0.2) is 42.0 Å². The fourth-order valence-electron chi connectivity index (χ4n) is 2.57. The minimum absolute atomic E-state index is 0.0820. The van der Waals surface area contributed by atoms with E-state index in [-0.39, 0.29) is 17.5 Å². The number of pyridine rings is 1. The van der Waals surface area contributed by atoms with Gasteiger partial charge in [-0.15, -0.1) is 0 Å². The van der Waals surface area contributed by atoms with Crippen molar-refractivity contribution in [1.29, 1.82) is 0 Å². The topological polar surface area (TPSA) is 45.2 Å². The summed E-state index contributed by atoms with van der Waals surface area (Å²) in [6.07, 6.45) is -0.598. The molecule has 1 aromatic heterocycles. The van der Waals surface area contributed by atoms with Crippen molar-refractivity contribution < 1.29 is 18.0 Å². The monoisotopic (exact) mass is 301 g/mol. The zero-order chi connectivity index (χ0) is 15.5. The van der Waals surface area contributed by atoms with E-state index in [4.69, 9.17) is 0 Å². The van der Waals surface area contributed by atoms with Gasteiger partial charge in [-0.25, -0.2) is 0 Å². The molecule has 0 spiro atoms. The minimum Gasteiger partial charge on any atom is -0.334 e. The molecule has 21 heavy (non-hydrogen) atoms. The third kappa shape index (κ3) is 3.72. The van der Waals surface area contributed by atoms with Gasteiger partial charge in [-0.05, 0) is 38.4 Å². The van der Waals surface area contributed by atoms with E-state index in [1.807, 2.05) is 7.05 Å². The molecule has 1 saturated heterocycles. The van der Waals surface area contributed by atoms with E-state index < -0.39 is 11.9 Å². The molecule has 1 aliphatic heterocycles. The quantitative estimate of drug-likeness (QED) is 0.932. The molecule has 0 radical (unpaired) electrons. The normalized spacial score (nSPS) is 19.6.